The Hall–Kier alpha value is -2.80. The van der Waals surface area contributed by atoms with Crippen LogP contribution in [0.4, 0.5) is 5.95 Å². The molecule has 0 bridgehead atoms. The van der Waals surface area contributed by atoms with Crippen LogP contribution in [-0.2, 0) is 4.79 Å². The number of piperazine rings is 1. The molecule has 2 heterocycles. The first-order valence-electron chi connectivity index (χ1n) is 9.61. The minimum atomic E-state index is -0.0416. The summed E-state index contributed by atoms with van der Waals surface area (Å²) in [6, 6.07) is 5.37. The van der Waals surface area contributed by atoms with E-state index in [1.165, 1.54) is 0 Å². The number of carbonyl (C=O) groups is 1. The summed E-state index contributed by atoms with van der Waals surface area (Å²) in [4.78, 5) is 25.0. The van der Waals surface area contributed by atoms with Gasteiger partial charge in [0.1, 0.15) is 0 Å². The molecule has 1 aliphatic rings. The zero-order valence-electron chi connectivity index (χ0n) is 16.7. The highest BCUT2D eigenvalue weighted by Gasteiger charge is 2.21. The fourth-order valence-electron chi connectivity index (χ4n) is 3.03. The zero-order chi connectivity index (χ0) is 20.6. The lowest BCUT2D eigenvalue weighted by atomic mass is 10.1. The number of benzene rings is 1. The van der Waals surface area contributed by atoms with Crippen LogP contribution in [0.2, 0.25) is 5.02 Å². The number of ether oxygens (including phenoxy) is 2. The van der Waals surface area contributed by atoms with Crippen LogP contribution in [0.15, 0.2) is 36.7 Å². The lowest BCUT2D eigenvalue weighted by Crippen LogP contribution is -2.48. The molecule has 0 atom stereocenters. The molecule has 29 heavy (non-hydrogen) atoms. The number of methoxy groups -OCH3 is 1. The number of hydrogen-bond donors (Lipinski definition) is 0. The molecular weight excluding hydrogens is 392 g/mol. The van der Waals surface area contributed by atoms with Gasteiger partial charge in [-0.2, -0.15) is 0 Å². The molecule has 0 aliphatic carbocycles. The quantitative estimate of drug-likeness (QED) is 0.645. The van der Waals surface area contributed by atoms with Crippen molar-refractivity contribution in [3.8, 4) is 11.5 Å². The Morgan fingerprint density at radius 1 is 1.21 bits per heavy atom. The van der Waals surface area contributed by atoms with Crippen molar-refractivity contribution in [3.05, 3.63) is 47.3 Å². The van der Waals surface area contributed by atoms with E-state index in [0.717, 1.165) is 12.0 Å². The van der Waals surface area contributed by atoms with Gasteiger partial charge in [-0.15, -0.1) is 0 Å². The molecule has 154 valence electrons. The smallest absolute Gasteiger partial charge is 0.246 e. The minimum absolute atomic E-state index is 0.0416. The van der Waals surface area contributed by atoms with E-state index in [4.69, 9.17) is 21.1 Å². The normalized spacial score (nSPS) is 14.3. The predicted octanol–water partition coefficient (Wildman–Crippen LogP) is 3.29. The van der Waals surface area contributed by atoms with Crippen LogP contribution in [0.1, 0.15) is 18.9 Å². The van der Waals surface area contributed by atoms with Crippen LogP contribution in [0.25, 0.3) is 6.08 Å². The van der Waals surface area contributed by atoms with E-state index in [-0.39, 0.29) is 5.91 Å². The number of nitrogens with zero attached hydrogens (tertiary/aromatic N) is 4. The number of anilines is 1. The third-order valence-electron chi connectivity index (χ3n) is 4.55. The summed E-state index contributed by atoms with van der Waals surface area (Å²) in [5.41, 5.74) is 0.778. The van der Waals surface area contributed by atoms with E-state index in [2.05, 4.69) is 14.9 Å². The first-order valence-corrected chi connectivity index (χ1v) is 9.99. The van der Waals surface area contributed by atoms with Crippen molar-refractivity contribution in [2.75, 3.05) is 44.8 Å². The van der Waals surface area contributed by atoms with E-state index in [1.807, 2.05) is 17.9 Å². The van der Waals surface area contributed by atoms with E-state index >= 15 is 0 Å². The Bertz CT molecular complexity index is 853. The fraction of sp³-hybridized carbons (Fsp3) is 0.381. The van der Waals surface area contributed by atoms with Gasteiger partial charge in [-0.1, -0.05) is 18.5 Å². The molecule has 0 saturated carbocycles. The molecule has 1 aromatic carbocycles. The Labute approximate surface area is 175 Å². The molecule has 0 unspecified atom stereocenters. The molecule has 0 radical (unpaired) electrons. The van der Waals surface area contributed by atoms with Crippen LogP contribution < -0.4 is 14.4 Å². The largest absolute Gasteiger partial charge is 0.493 e. The standard InChI is InChI=1S/C21H25ClN4O3/c1-3-13-29-20-17(22)14-16(15-18(20)28-2)5-6-19(27)25-9-11-26(12-10-25)21-23-7-4-8-24-21/h4-8,14-15H,3,9-13H2,1-2H3/b6-5+. The highest BCUT2D eigenvalue weighted by Crippen LogP contribution is 2.36. The molecule has 1 fully saturated rings. The molecule has 1 aromatic heterocycles. The van der Waals surface area contributed by atoms with Crippen LogP contribution >= 0.6 is 11.6 Å². The van der Waals surface area contributed by atoms with Crippen molar-refractivity contribution in [1.82, 2.24) is 14.9 Å². The van der Waals surface area contributed by atoms with Gasteiger partial charge < -0.3 is 19.3 Å². The van der Waals surface area contributed by atoms with Crippen molar-refractivity contribution >= 4 is 29.5 Å². The lowest BCUT2D eigenvalue weighted by Gasteiger charge is -2.34. The Balaban J connectivity index is 1.61. The van der Waals surface area contributed by atoms with Gasteiger partial charge in [-0.05, 0) is 36.3 Å². The summed E-state index contributed by atoms with van der Waals surface area (Å²) >= 11 is 6.34. The van der Waals surface area contributed by atoms with Gasteiger partial charge in [0, 0.05) is 44.6 Å². The second-order valence-corrected chi connectivity index (χ2v) is 6.98. The summed E-state index contributed by atoms with van der Waals surface area (Å²) in [7, 11) is 1.57. The van der Waals surface area contributed by atoms with Crippen LogP contribution in [0.3, 0.4) is 0 Å². The lowest BCUT2D eigenvalue weighted by molar-refractivity contribution is -0.126. The summed E-state index contributed by atoms with van der Waals surface area (Å²) in [6.07, 6.45) is 7.62. The highest BCUT2D eigenvalue weighted by atomic mass is 35.5. The Morgan fingerprint density at radius 3 is 2.59 bits per heavy atom. The molecule has 0 spiro atoms. The van der Waals surface area contributed by atoms with Crippen molar-refractivity contribution in [2.45, 2.75) is 13.3 Å². The summed E-state index contributed by atoms with van der Waals surface area (Å²) in [5, 5.41) is 0.460. The third kappa shape index (κ3) is 5.38. The first kappa shape index (κ1) is 20.9. The monoisotopic (exact) mass is 416 g/mol. The maximum atomic E-state index is 12.6. The van der Waals surface area contributed by atoms with Gasteiger partial charge in [-0.25, -0.2) is 9.97 Å². The number of aromatic nitrogens is 2. The molecule has 8 heteroatoms. The SMILES string of the molecule is CCCOc1c(Cl)cc(/C=C/C(=O)N2CCN(c3ncccn3)CC2)cc1OC. The van der Waals surface area contributed by atoms with Crippen molar-refractivity contribution < 1.29 is 14.3 Å². The molecular formula is C21H25ClN4O3. The molecule has 1 amide bonds. The van der Waals surface area contributed by atoms with Gasteiger partial charge in [0.25, 0.3) is 0 Å². The molecule has 2 aromatic rings. The minimum Gasteiger partial charge on any atom is -0.493 e. The third-order valence-corrected chi connectivity index (χ3v) is 4.83. The number of halogens is 1. The molecule has 0 N–H and O–H groups in total. The molecule has 1 aliphatic heterocycles. The molecule has 1 saturated heterocycles. The number of amides is 1. The van der Waals surface area contributed by atoms with Crippen molar-refractivity contribution in [3.63, 3.8) is 0 Å². The second-order valence-electron chi connectivity index (χ2n) is 6.58. The second kappa shape index (κ2) is 10.1. The summed E-state index contributed by atoms with van der Waals surface area (Å²) in [6.45, 7) is 5.23. The van der Waals surface area contributed by atoms with Gasteiger partial charge in [0.15, 0.2) is 11.5 Å². The van der Waals surface area contributed by atoms with E-state index < -0.39 is 0 Å². The maximum absolute atomic E-state index is 12.6. The predicted molar refractivity (Wildman–Crippen MR) is 114 cm³/mol. The Kier molecular flexibility index (Phi) is 7.30. The van der Waals surface area contributed by atoms with Crippen LogP contribution in [0, 0.1) is 0 Å². The number of hydrogen-bond acceptors (Lipinski definition) is 6. The summed E-state index contributed by atoms with van der Waals surface area (Å²) in [5.74, 6) is 1.73. The van der Waals surface area contributed by atoms with Crippen molar-refractivity contribution in [1.29, 1.82) is 0 Å². The van der Waals surface area contributed by atoms with Gasteiger partial charge >= 0.3 is 0 Å². The number of carbonyl (C=O) groups excluding carboxylic acids is 1. The Morgan fingerprint density at radius 2 is 1.93 bits per heavy atom. The van der Waals surface area contributed by atoms with Crippen LogP contribution in [-0.4, -0.2) is 60.7 Å². The van der Waals surface area contributed by atoms with Gasteiger partial charge in [-0.3, -0.25) is 4.79 Å². The van der Waals surface area contributed by atoms with E-state index in [9.17, 15) is 4.79 Å². The average Bonchev–Trinajstić information content (AvgIpc) is 2.77. The van der Waals surface area contributed by atoms with Crippen LogP contribution in [0.5, 0.6) is 11.5 Å². The van der Waals surface area contributed by atoms with E-state index in [1.54, 1.807) is 43.8 Å². The maximum Gasteiger partial charge on any atom is 0.246 e. The fourth-order valence-corrected chi connectivity index (χ4v) is 3.31. The zero-order valence-corrected chi connectivity index (χ0v) is 17.4. The molecule has 3 rings (SSSR count). The molecule has 7 nitrogen and oxygen atoms in total. The number of rotatable bonds is 7. The van der Waals surface area contributed by atoms with Gasteiger partial charge in [0.05, 0.1) is 18.7 Å². The highest BCUT2D eigenvalue weighted by molar-refractivity contribution is 6.32. The van der Waals surface area contributed by atoms with E-state index in [0.29, 0.717) is 55.3 Å². The average molecular weight is 417 g/mol. The topological polar surface area (TPSA) is 67.8 Å². The van der Waals surface area contributed by atoms with Crippen molar-refractivity contribution in [2.24, 2.45) is 0 Å². The first-order chi connectivity index (χ1) is 14.1. The summed E-state index contributed by atoms with van der Waals surface area (Å²) < 4.78 is 11.0. The van der Waals surface area contributed by atoms with Gasteiger partial charge in [0.2, 0.25) is 11.9 Å².